The van der Waals surface area contributed by atoms with E-state index in [0.29, 0.717) is 23.1 Å². The van der Waals surface area contributed by atoms with Crippen molar-refractivity contribution in [2.24, 2.45) is 0 Å². The number of carbonyl (C=O) groups excluding carboxylic acids is 1. The fraction of sp³-hybridized carbons (Fsp3) is 0.458. The highest BCUT2D eigenvalue weighted by Crippen LogP contribution is 2.32. The fourth-order valence-corrected chi connectivity index (χ4v) is 3.49. The Bertz CT molecular complexity index is 863. The number of hydrogen-bond donors (Lipinski definition) is 1. The molecular formula is C24H32ClNO3. The van der Waals surface area contributed by atoms with Gasteiger partial charge >= 0.3 is 0 Å². The van der Waals surface area contributed by atoms with Crippen LogP contribution < -0.4 is 14.8 Å². The Hall–Kier alpha value is -2.20. The average molecular weight is 418 g/mol. The van der Waals surface area contributed by atoms with Gasteiger partial charge in [-0.1, -0.05) is 32.4 Å². The minimum absolute atomic E-state index is 0.131. The molecule has 0 spiro atoms. The Morgan fingerprint density at radius 2 is 1.76 bits per heavy atom. The Morgan fingerprint density at radius 3 is 2.31 bits per heavy atom. The van der Waals surface area contributed by atoms with Crippen molar-refractivity contribution in [3.8, 4) is 11.5 Å². The van der Waals surface area contributed by atoms with Crippen LogP contribution in [0.1, 0.15) is 68.3 Å². The van der Waals surface area contributed by atoms with Gasteiger partial charge in [0, 0.05) is 5.02 Å². The van der Waals surface area contributed by atoms with Crippen molar-refractivity contribution in [3.63, 3.8) is 0 Å². The van der Waals surface area contributed by atoms with Crippen molar-refractivity contribution >= 4 is 17.5 Å². The van der Waals surface area contributed by atoms with E-state index in [1.54, 1.807) is 19.2 Å². The van der Waals surface area contributed by atoms with E-state index in [0.717, 1.165) is 28.0 Å². The number of halogens is 1. The average Bonchev–Trinajstić information content (AvgIpc) is 2.67. The zero-order chi connectivity index (χ0) is 21.7. The molecule has 0 aliphatic rings. The van der Waals surface area contributed by atoms with Gasteiger partial charge in [0.05, 0.1) is 13.2 Å². The van der Waals surface area contributed by atoms with Crippen molar-refractivity contribution in [2.75, 3.05) is 7.11 Å². The lowest BCUT2D eigenvalue weighted by atomic mass is 9.93. The van der Waals surface area contributed by atoms with Crippen LogP contribution in [0.4, 0.5) is 0 Å². The number of aryl methyl sites for hydroxylation is 2. The van der Waals surface area contributed by atoms with Crippen LogP contribution in [0.25, 0.3) is 0 Å². The van der Waals surface area contributed by atoms with Gasteiger partial charge in [-0.3, -0.25) is 4.79 Å². The number of nitrogens with one attached hydrogen (secondary N) is 1. The molecule has 0 heterocycles. The van der Waals surface area contributed by atoms with Gasteiger partial charge in [0.15, 0.2) is 6.10 Å². The molecule has 29 heavy (non-hydrogen) atoms. The molecule has 0 saturated carbocycles. The van der Waals surface area contributed by atoms with Crippen molar-refractivity contribution in [2.45, 2.75) is 66.0 Å². The molecule has 2 aromatic carbocycles. The minimum atomic E-state index is -0.568. The molecule has 2 atom stereocenters. The maximum atomic E-state index is 12.9. The molecule has 0 aliphatic heterocycles. The molecule has 1 amide bonds. The molecule has 1 N–H and O–H groups in total. The lowest BCUT2D eigenvalue weighted by Crippen LogP contribution is -2.39. The summed E-state index contributed by atoms with van der Waals surface area (Å²) in [4.78, 5) is 12.9. The first-order valence-corrected chi connectivity index (χ1v) is 10.5. The Kier molecular flexibility index (Phi) is 7.97. The van der Waals surface area contributed by atoms with Gasteiger partial charge in [0.2, 0.25) is 0 Å². The van der Waals surface area contributed by atoms with Crippen LogP contribution in [0.15, 0.2) is 30.3 Å². The summed E-state index contributed by atoms with van der Waals surface area (Å²) >= 11 is 6.08. The normalized spacial score (nSPS) is 13.1. The number of benzene rings is 2. The van der Waals surface area contributed by atoms with Gasteiger partial charge in [0.25, 0.3) is 5.91 Å². The van der Waals surface area contributed by atoms with E-state index in [-0.39, 0.29) is 11.9 Å². The highest BCUT2D eigenvalue weighted by molar-refractivity contribution is 6.31. The van der Waals surface area contributed by atoms with Gasteiger partial charge in [-0.25, -0.2) is 0 Å². The summed E-state index contributed by atoms with van der Waals surface area (Å²) < 4.78 is 11.5. The third kappa shape index (κ3) is 5.66. The van der Waals surface area contributed by atoms with Crippen molar-refractivity contribution in [3.05, 3.63) is 57.6 Å². The third-order valence-electron chi connectivity index (χ3n) is 5.14. The minimum Gasteiger partial charge on any atom is -0.496 e. The van der Waals surface area contributed by atoms with Crippen LogP contribution in [0.5, 0.6) is 11.5 Å². The van der Waals surface area contributed by atoms with E-state index in [1.165, 1.54) is 0 Å². The number of amides is 1. The first-order valence-electron chi connectivity index (χ1n) is 10.1. The lowest BCUT2D eigenvalue weighted by Gasteiger charge is -2.23. The van der Waals surface area contributed by atoms with Crippen LogP contribution in [0.2, 0.25) is 5.02 Å². The Morgan fingerprint density at radius 1 is 1.07 bits per heavy atom. The van der Waals surface area contributed by atoms with Crippen molar-refractivity contribution in [1.29, 1.82) is 0 Å². The Labute approximate surface area is 179 Å². The third-order valence-corrected chi connectivity index (χ3v) is 5.56. The highest BCUT2D eigenvalue weighted by atomic mass is 35.5. The predicted octanol–water partition coefficient (Wildman–Crippen LogP) is 6.12. The molecule has 5 heteroatoms. The molecule has 0 radical (unpaired) electrons. The molecule has 0 fully saturated rings. The quantitative estimate of drug-likeness (QED) is 0.562. The van der Waals surface area contributed by atoms with Crippen LogP contribution >= 0.6 is 11.6 Å². The second-order valence-electron chi connectivity index (χ2n) is 7.76. The van der Waals surface area contributed by atoms with E-state index in [9.17, 15) is 4.79 Å². The van der Waals surface area contributed by atoms with E-state index < -0.39 is 6.10 Å². The second-order valence-corrected chi connectivity index (χ2v) is 8.17. The predicted molar refractivity (Wildman–Crippen MR) is 119 cm³/mol. The van der Waals surface area contributed by atoms with Crippen LogP contribution in [0.3, 0.4) is 0 Å². The molecule has 0 aliphatic carbocycles. The van der Waals surface area contributed by atoms with Gasteiger partial charge in [-0.2, -0.15) is 0 Å². The second kappa shape index (κ2) is 10.0. The van der Waals surface area contributed by atoms with Crippen molar-refractivity contribution in [1.82, 2.24) is 5.32 Å². The van der Waals surface area contributed by atoms with Gasteiger partial charge in [-0.15, -0.1) is 0 Å². The Balaban J connectivity index is 2.17. The lowest BCUT2D eigenvalue weighted by molar-refractivity contribution is -0.128. The number of methoxy groups -OCH3 is 1. The molecular weight excluding hydrogens is 386 g/mol. The highest BCUT2D eigenvalue weighted by Gasteiger charge is 2.22. The number of carbonyl (C=O) groups is 1. The summed E-state index contributed by atoms with van der Waals surface area (Å²) in [5.74, 6) is 1.72. The topological polar surface area (TPSA) is 47.6 Å². The van der Waals surface area contributed by atoms with Crippen LogP contribution in [0, 0.1) is 13.8 Å². The summed E-state index contributed by atoms with van der Waals surface area (Å²) in [6.45, 7) is 12.2. The molecule has 0 saturated heterocycles. The van der Waals surface area contributed by atoms with Crippen LogP contribution in [-0.2, 0) is 4.79 Å². The van der Waals surface area contributed by atoms with Crippen LogP contribution in [-0.4, -0.2) is 19.1 Å². The standard InChI is InChI=1S/C24H32ClNO3/c1-8-22(29-18-9-10-21(25)16(5)11-18)24(27)26-17(6)20-13-19(14(2)3)23(28-7)12-15(20)4/h9-14,17,22H,8H2,1-7H3,(H,26,27)/t17-,22-/m1/s1. The van der Waals surface area contributed by atoms with E-state index in [1.807, 2.05) is 39.8 Å². The number of hydrogen-bond acceptors (Lipinski definition) is 3. The maximum Gasteiger partial charge on any atom is 0.261 e. The summed E-state index contributed by atoms with van der Waals surface area (Å²) in [5, 5.41) is 3.79. The maximum absolute atomic E-state index is 12.9. The van der Waals surface area contributed by atoms with E-state index in [4.69, 9.17) is 21.1 Å². The van der Waals surface area contributed by atoms with E-state index >= 15 is 0 Å². The molecule has 2 aromatic rings. The first-order chi connectivity index (χ1) is 13.7. The van der Waals surface area contributed by atoms with Gasteiger partial charge in [-0.05, 0) is 85.7 Å². The SMILES string of the molecule is CC[C@@H](Oc1ccc(Cl)c(C)c1)C(=O)N[C@H](C)c1cc(C(C)C)c(OC)cc1C. The first kappa shape index (κ1) is 23.1. The number of rotatable bonds is 8. The smallest absolute Gasteiger partial charge is 0.261 e. The van der Waals surface area contributed by atoms with Crippen molar-refractivity contribution < 1.29 is 14.3 Å². The summed E-state index contributed by atoms with van der Waals surface area (Å²) in [5.41, 5.74) is 4.22. The van der Waals surface area contributed by atoms with Gasteiger partial charge < -0.3 is 14.8 Å². The zero-order valence-electron chi connectivity index (χ0n) is 18.4. The fourth-order valence-electron chi connectivity index (χ4n) is 3.37. The number of ether oxygens (including phenoxy) is 2. The molecule has 2 rings (SSSR count). The zero-order valence-corrected chi connectivity index (χ0v) is 19.2. The molecule has 4 nitrogen and oxygen atoms in total. The monoisotopic (exact) mass is 417 g/mol. The largest absolute Gasteiger partial charge is 0.496 e. The molecule has 0 unspecified atom stereocenters. The molecule has 158 valence electrons. The van der Waals surface area contributed by atoms with E-state index in [2.05, 4.69) is 25.2 Å². The molecule has 0 bridgehead atoms. The van der Waals surface area contributed by atoms with Gasteiger partial charge in [0.1, 0.15) is 11.5 Å². The summed E-state index contributed by atoms with van der Waals surface area (Å²) in [6.07, 6.45) is 0.000138. The molecule has 0 aromatic heterocycles. The summed E-state index contributed by atoms with van der Waals surface area (Å²) in [7, 11) is 1.69. The summed E-state index contributed by atoms with van der Waals surface area (Å²) in [6, 6.07) is 9.46.